The molecule has 0 aromatic carbocycles. The molecule has 3 nitrogen and oxygen atoms in total. The quantitative estimate of drug-likeness (QED) is 0.746. The lowest BCUT2D eigenvalue weighted by atomic mass is 10.2. The maximum absolute atomic E-state index is 12.4. The van der Waals surface area contributed by atoms with Gasteiger partial charge in [0.15, 0.2) is 0 Å². The van der Waals surface area contributed by atoms with Crippen LogP contribution >= 0.6 is 0 Å². The zero-order valence-electron chi connectivity index (χ0n) is 8.25. The van der Waals surface area contributed by atoms with E-state index in [1.165, 1.54) is 18.3 Å². The number of hydrogen-bond acceptors (Lipinski definition) is 2. The van der Waals surface area contributed by atoms with E-state index >= 15 is 0 Å². The Morgan fingerprint density at radius 3 is 2.79 bits per heavy atom. The van der Waals surface area contributed by atoms with Crippen molar-refractivity contribution >= 4 is 5.91 Å². The van der Waals surface area contributed by atoms with Crippen LogP contribution in [0.1, 0.15) is 24.2 Å². The number of pyridine rings is 1. The molecule has 0 aliphatic carbocycles. The standard InChI is InChI=1S/C10H13FN2O/c1-7(2)5-13-10(14)8-3-4-9(11)12-6-8/h3-4,6-7H,5H2,1-2H3,(H,13,14). The van der Waals surface area contributed by atoms with Gasteiger partial charge in [0.2, 0.25) is 5.95 Å². The molecule has 0 unspecified atom stereocenters. The lowest BCUT2D eigenvalue weighted by molar-refractivity contribution is 0.0948. The molecule has 0 spiro atoms. The van der Waals surface area contributed by atoms with Crippen molar-refractivity contribution in [3.63, 3.8) is 0 Å². The van der Waals surface area contributed by atoms with Gasteiger partial charge in [-0.15, -0.1) is 0 Å². The maximum atomic E-state index is 12.4. The zero-order chi connectivity index (χ0) is 10.6. The fourth-order valence-electron chi connectivity index (χ4n) is 0.909. The normalized spacial score (nSPS) is 10.3. The Labute approximate surface area is 82.4 Å². The summed E-state index contributed by atoms with van der Waals surface area (Å²) in [5.41, 5.74) is 0.382. The van der Waals surface area contributed by atoms with Crippen molar-refractivity contribution in [2.75, 3.05) is 6.54 Å². The maximum Gasteiger partial charge on any atom is 0.252 e. The van der Waals surface area contributed by atoms with Crippen LogP contribution in [0.5, 0.6) is 0 Å². The highest BCUT2D eigenvalue weighted by Gasteiger charge is 2.05. The lowest BCUT2D eigenvalue weighted by Gasteiger charge is -2.06. The van der Waals surface area contributed by atoms with Gasteiger partial charge >= 0.3 is 0 Å². The van der Waals surface area contributed by atoms with Crippen molar-refractivity contribution in [2.45, 2.75) is 13.8 Å². The molecule has 0 saturated heterocycles. The minimum Gasteiger partial charge on any atom is -0.352 e. The molecular formula is C10H13FN2O. The number of rotatable bonds is 3. The van der Waals surface area contributed by atoms with E-state index in [0.29, 0.717) is 18.0 Å². The molecule has 1 aromatic rings. The number of amides is 1. The number of aromatic nitrogens is 1. The molecule has 0 saturated carbocycles. The first-order valence-corrected chi connectivity index (χ1v) is 4.49. The van der Waals surface area contributed by atoms with Crippen LogP contribution in [0.2, 0.25) is 0 Å². The van der Waals surface area contributed by atoms with Crippen molar-refractivity contribution in [1.29, 1.82) is 0 Å². The smallest absolute Gasteiger partial charge is 0.252 e. The summed E-state index contributed by atoms with van der Waals surface area (Å²) in [6.07, 6.45) is 1.23. The highest BCUT2D eigenvalue weighted by molar-refractivity contribution is 5.93. The topological polar surface area (TPSA) is 42.0 Å². The molecule has 0 atom stereocenters. The predicted molar refractivity (Wildman–Crippen MR) is 51.4 cm³/mol. The fourth-order valence-corrected chi connectivity index (χ4v) is 0.909. The van der Waals surface area contributed by atoms with Crippen LogP contribution in [-0.4, -0.2) is 17.4 Å². The molecule has 1 amide bonds. The Kier molecular flexibility index (Phi) is 3.56. The second kappa shape index (κ2) is 4.69. The molecule has 1 N–H and O–H groups in total. The molecule has 1 rings (SSSR count). The molecule has 14 heavy (non-hydrogen) atoms. The Balaban J connectivity index is 2.57. The molecule has 4 heteroatoms. The minimum absolute atomic E-state index is 0.216. The van der Waals surface area contributed by atoms with Gasteiger partial charge in [0, 0.05) is 12.7 Å². The van der Waals surface area contributed by atoms with Gasteiger partial charge in [-0.1, -0.05) is 13.8 Å². The molecule has 0 fully saturated rings. The largest absolute Gasteiger partial charge is 0.352 e. The van der Waals surface area contributed by atoms with Crippen molar-refractivity contribution in [3.05, 3.63) is 29.8 Å². The average Bonchev–Trinajstić information content (AvgIpc) is 2.15. The van der Waals surface area contributed by atoms with Crippen LogP contribution in [-0.2, 0) is 0 Å². The lowest BCUT2D eigenvalue weighted by Crippen LogP contribution is -2.27. The van der Waals surface area contributed by atoms with Gasteiger partial charge < -0.3 is 5.32 Å². The van der Waals surface area contributed by atoms with Gasteiger partial charge in [0.05, 0.1) is 5.56 Å². The van der Waals surface area contributed by atoms with E-state index in [2.05, 4.69) is 10.3 Å². The highest BCUT2D eigenvalue weighted by Crippen LogP contribution is 1.99. The summed E-state index contributed by atoms with van der Waals surface area (Å²) in [4.78, 5) is 14.8. The highest BCUT2D eigenvalue weighted by atomic mass is 19.1. The van der Waals surface area contributed by atoms with E-state index in [-0.39, 0.29) is 5.91 Å². The predicted octanol–water partition coefficient (Wildman–Crippen LogP) is 1.61. The molecule has 1 aromatic heterocycles. The summed E-state index contributed by atoms with van der Waals surface area (Å²) in [5.74, 6) is -0.399. The van der Waals surface area contributed by atoms with E-state index in [1.807, 2.05) is 13.8 Å². The Bertz CT molecular complexity index is 308. The minimum atomic E-state index is -0.578. The van der Waals surface area contributed by atoms with E-state index in [1.54, 1.807) is 0 Å². The Morgan fingerprint density at radius 1 is 1.57 bits per heavy atom. The van der Waals surface area contributed by atoms with E-state index in [0.717, 1.165) is 0 Å². The molecule has 1 heterocycles. The molecule has 0 radical (unpaired) electrons. The fraction of sp³-hybridized carbons (Fsp3) is 0.400. The van der Waals surface area contributed by atoms with Crippen molar-refractivity contribution in [2.24, 2.45) is 5.92 Å². The van der Waals surface area contributed by atoms with Crippen LogP contribution in [0.25, 0.3) is 0 Å². The summed E-state index contributed by atoms with van der Waals surface area (Å²) in [5, 5.41) is 2.72. The monoisotopic (exact) mass is 196 g/mol. The second-order valence-electron chi connectivity index (χ2n) is 3.47. The summed E-state index contributed by atoms with van der Waals surface area (Å²) >= 11 is 0. The van der Waals surface area contributed by atoms with Crippen molar-refractivity contribution in [3.8, 4) is 0 Å². The third-order valence-corrected chi connectivity index (χ3v) is 1.66. The van der Waals surface area contributed by atoms with E-state index in [9.17, 15) is 9.18 Å². The summed E-state index contributed by atoms with van der Waals surface area (Å²) in [6, 6.07) is 2.59. The van der Waals surface area contributed by atoms with E-state index in [4.69, 9.17) is 0 Å². The van der Waals surface area contributed by atoms with Crippen LogP contribution in [0.15, 0.2) is 18.3 Å². The molecule has 0 aliphatic rings. The van der Waals surface area contributed by atoms with Gasteiger partial charge in [-0.25, -0.2) is 4.98 Å². The van der Waals surface area contributed by atoms with Crippen molar-refractivity contribution < 1.29 is 9.18 Å². The second-order valence-corrected chi connectivity index (χ2v) is 3.47. The van der Waals surface area contributed by atoms with Crippen LogP contribution in [0.3, 0.4) is 0 Å². The first-order chi connectivity index (χ1) is 6.59. The van der Waals surface area contributed by atoms with Crippen LogP contribution in [0, 0.1) is 11.9 Å². The molecular weight excluding hydrogens is 183 g/mol. The first-order valence-electron chi connectivity index (χ1n) is 4.49. The summed E-state index contributed by atoms with van der Waals surface area (Å²) in [7, 11) is 0. The van der Waals surface area contributed by atoms with Gasteiger partial charge in [-0.05, 0) is 18.1 Å². The number of halogens is 1. The third-order valence-electron chi connectivity index (χ3n) is 1.66. The SMILES string of the molecule is CC(C)CNC(=O)c1ccc(F)nc1. The first kappa shape index (κ1) is 10.6. The number of nitrogens with one attached hydrogen (secondary N) is 1. The summed E-state index contributed by atoms with van der Waals surface area (Å²) < 4.78 is 12.4. The van der Waals surface area contributed by atoms with Gasteiger partial charge in [-0.3, -0.25) is 4.79 Å². The number of nitrogens with zero attached hydrogens (tertiary/aromatic N) is 1. The van der Waals surface area contributed by atoms with Crippen LogP contribution < -0.4 is 5.32 Å². The third kappa shape index (κ3) is 3.12. The molecule has 76 valence electrons. The number of carbonyl (C=O) groups excluding carboxylic acids is 1. The van der Waals surface area contributed by atoms with E-state index < -0.39 is 5.95 Å². The van der Waals surface area contributed by atoms with Gasteiger partial charge in [-0.2, -0.15) is 4.39 Å². The van der Waals surface area contributed by atoms with Gasteiger partial charge in [0.1, 0.15) is 0 Å². The van der Waals surface area contributed by atoms with Crippen LogP contribution in [0.4, 0.5) is 4.39 Å². The molecule has 0 bridgehead atoms. The number of carbonyl (C=O) groups is 1. The zero-order valence-corrected chi connectivity index (χ0v) is 8.25. The Morgan fingerprint density at radius 2 is 2.29 bits per heavy atom. The van der Waals surface area contributed by atoms with Crippen molar-refractivity contribution in [1.82, 2.24) is 10.3 Å². The Hall–Kier alpha value is -1.45. The molecule has 0 aliphatic heterocycles. The number of hydrogen-bond donors (Lipinski definition) is 1. The average molecular weight is 196 g/mol. The summed E-state index contributed by atoms with van der Waals surface area (Å²) in [6.45, 7) is 4.61. The van der Waals surface area contributed by atoms with Gasteiger partial charge in [0.25, 0.3) is 5.91 Å².